The summed E-state index contributed by atoms with van der Waals surface area (Å²) in [5, 5.41) is 3.51. The number of hydrogen-bond acceptors (Lipinski definition) is 2. The fourth-order valence-electron chi connectivity index (χ4n) is 0.849. The SMILES string of the molecule is [N-]=[N+]=Nc1ccccc1C#CCS. The van der Waals surface area contributed by atoms with Crippen molar-refractivity contribution in [2.45, 2.75) is 0 Å². The molecule has 3 nitrogen and oxygen atoms in total. The van der Waals surface area contributed by atoms with Crippen LogP contribution in [0.15, 0.2) is 29.4 Å². The summed E-state index contributed by atoms with van der Waals surface area (Å²) in [6, 6.07) is 7.18. The molecule has 0 radical (unpaired) electrons. The molecule has 0 saturated heterocycles. The van der Waals surface area contributed by atoms with Crippen molar-refractivity contribution in [2.24, 2.45) is 5.11 Å². The predicted molar refractivity (Wildman–Crippen MR) is 56.0 cm³/mol. The Morgan fingerprint density at radius 2 is 2.23 bits per heavy atom. The highest BCUT2D eigenvalue weighted by molar-refractivity contribution is 7.80. The molecule has 0 aromatic heterocycles. The van der Waals surface area contributed by atoms with Crippen molar-refractivity contribution < 1.29 is 0 Å². The van der Waals surface area contributed by atoms with Crippen LogP contribution in [-0.4, -0.2) is 5.75 Å². The fourth-order valence-corrected chi connectivity index (χ4v) is 0.929. The number of rotatable bonds is 1. The van der Waals surface area contributed by atoms with E-state index < -0.39 is 0 Å². The van der Waals surface area contributed by atoms with Gasteiger partial charge in [0.15, 0.2) is 0 Å². The van der Waals surface area contributed by atoms with Crippen molar-refractivity contribution in [3.8, 4) is 11.8 Å². The van der Waals surface area contributed by atoms with Gasteiger partial charge in [-0.1, -0.05) is 35.2 Å². The lowest BCUT2D eigenvalue weighted by Gasteiger charge is -1.93. The lowest BCUT2D eigenvalue weighted by Crippen LogP contribution is -1.74. The largest absolute Gasteiger partial charge is 0.166 e. The Bertz CT molecular complexity index is 397. The molecule has 13 heavy (non-hydrogen) atoms. The minimum absolute atomic E-state index is 0.491. The quantitative estimate of drug-likeness (QED) is 0.232. The molecule has 0 heterocycles. The molecule has 0 saturated carbocycles. The van der Waals surface area contributed by atoms with Gasteiger partial charge in [-0.2, -0.15) is 12.6 Å². The van der Waals surface area contributed by atoms with E-state index in [1.165, 1.54) is 0 Å². The summed E-state index contributed by atoms with van der Waals surface area (Å²) in [4.78, 5) is 2.71. The average molecular weight is 189 g/mol. The zero-order valence-electron chi connectivity index (χ0n) is 6.81. The highest BCUT2D eigenvalue weighted by Gasteiger charge is 1.93. The summed E-state index contributed by atoms with van der Waals surface area (Å²) in [5.74, 6) is 6.14. The minimum Gasteiger partial charge on any atom is -0.166 e. The van der Waals surface area contributed by atoms with Gasteiger partial charge >= 0.3 is 0 Å². The van der Waals surface area contributed by atoms with Gasteiger partial charge in [-0.25, -0.2) is 0 Å². The van der Waals surface area contributed by atoms with Crippen LogP contribution in [-0.2, 0) is 0 Å². The molecule has 0 spiro atoms. The molecule has 64 valence electrons. The van der Waals surface area contributed by atoms with Crippen LogP contribution in [0.4, 0.5) is 5.69 Å². The second-order valence-electron chi connectivity index (χ2n) is 2.17. The van der Waals surface area contributed by atoms with E-state index in [4.69, 9.17) is 5.53 Å². The van der Waals surface area contributed by atoms with E-state index in [1.807, 2.05) is 6.07 Å². The summed E-state index contributed by atoms with van der Waals surface area (Å²) >= 11 is 3.96. The summed E-state index contributed by atoms with van der Waals surface area (Å²) in [5.41, 5.74) is 9.55. The number of benzene rings is 1. The van der Waals surface area contributed by atoms with E-state index in [0.717, 1.165) is 5.56 Å². The van der Waals surface area contributed by atoms with Crippen molar-refractivity contribution in [1.82, 2.24) is 0 Å². The monoisotopic (exact) mass is 189 g/mol. The third-order valence-corrected chi connectivity index (χ3v) is 1.52. The van der Waals surface area contributed by atoms with Crippen molar-refractivity contribution >= 4 is 18.3 Å². The van der Waals surface area contributed by atoms with Crippen LogP contribution >= 0.6 is 12.6 Å². The third kappa shape index (κ3) is 2.75. The highest BCUT2D eigenvalue weighted by atomic mass is 32.1. The Labute approximate surface area is 81.8 Å². The second-order valence-corrected chi connectivity index (χ2v) is 2.48. The lowest BCUT2D eigenvalue weighted by molar-refractivity contribution is 1.45. The molecular weight excluding hydrogens is 182 g/mol. The first-order chi connectivity index (χ1) is 6.38. The van der Waals surface area contributed by atoms with E-state index in [2.05, 4.69) is 34.5 Å². The smallest absolute Gasteiger partial charge is 0.0531 e. The van der Waals surface area contributed by atoms with Gasteiger partial charge in [0.25, 0.3) is 0 Å². The van der Waals surface area contributed by atoms with E-state index in [1.54, 1.807) is 18.2 Å². The minimum atomic E-state index is 0.491. The molecule has 0 aliphatic rings. The maximum absolute atomic E-state index is 8.26. The molecule has 0 N–H and O–H groups in total. The van der Waals surface area contributed by atoms with E-state index in [0.29, 0.717) is 11.4 Å². The first-order valence-corrected chi connectivity index (χ1v) is 4.25. The lowest BCUT2D eigenvalue weighted by atomic mass is 10.2. The Morgan fingerprint density at radius 1 is 1.46 bits per heavy atom. The first-order valence-electron chi connectivity index (χ1n) is 3.62. The van der Waals surface area contributed by atoms with Gasteiger partial charge in [-0.05, 0) is 11.6 Å². The molecule has 0 bridgehead atoms. The zero-order chi connectivity index (χ0) is 9.52. The third-order valence-electron chi connectivity index (χ3n) is 1.36. The van der Waals surface area contributed by atoms with Gasteiger partial charge in [0.05, 0.1) is 11.4 Å². The molecule has 0 aliphatic heterocycles. The molecule has 0 unspecified atom stereocenters. The van der Waals surface area contributed by atoms with Crippen molar-refractivity contribution in [1.29, 1.82) is 0 Å². The van der Waals surface area contributed by atoms with Gasteiger partial charge in [-0.15, -0.1) is 0 Å². The van der Waals surface area contributed by atoms with Crippen LogP contribution in [0.3, 0.4) is 0 Å². The van der Waals surface area contributed by atoms with Gasteiger partial charge in [-0.3, -0.25) is 0 Å². The maximum atomic E-state index is 8.26. The van der Waals surface area contributed by atoms with Gasteiger partial charge in [0.1, 0.15) is 0 Å². The van der Waals surface area contributed by atoms with E-state index >= 15 is 0 Å². The van der Waals surface area contributed by atoms with Gasteiger partial charge < -0.3 is 0 Å². The highest BCUT2D eigenvalue weighted by Crippen LogP contribution is 2.17. The molecular formula is C9H7N3S. The Kier molecular flexibility index (Phi) is 3.77. The molecule has 1 rings (SSSR count). The number of hydrogen-bond donors (Lipinski definition) is 1. The topological polar surface area (TPSA) is 48.8 Å². The van der Waals surface area contributed by atoms with Crippen molar-refractivity contribution in [2.75, 3.05) is 5.75 Å². The van der Waals surface area contributed by atoms with Gasteiger partial charge in [0.2, 0.25) is 0 Å². The van der Waals surface area contributed by atoms with Crippen molar-refractivity contribution in [3.05, 3.63) is 40.3 Å². The van der Waals surface area contributed by atoms with Gasteiger partial charge in [0, 0.05) is 10.5 Å². The first kappa shape index (κ1) is 9.53. The fraction of sp³-hybridized carbons (Fsp3) is 0.111. The molecule has 1 aromatic rings. The Morgan fingerprint density at radius 3 is 2.92 bits per heavy atom. The summed E-state index contributed by atoms with van der Waals surface area (Å²) in [7, 11) is 0. The van der Waals surface area contributed by atoms with Crippen LogP contribution in [0.5, 0.6) is 0 Å². The standard InChI is InChI=1S/C9H7N3S/c10-12-11-9-6-2-1-4-8(9)5-3-7-13/h1-2,4,6,13H,7H2. The molecule has 0 atom stereocenters. The molecule has 0 fully saturated rings. The Balaban J connectivity index is 3.11. The molecule has 0 aliphatic carbocycles. The Hall–Kier alpha value is -1.56. The van der Waals surface area contributed by atoms with Crippen LogP contribution in [0.25, 0.3) is 10.4 Å². The molecule has 1 aromatic carbocycles. The van der Waals surface area contributed by atoms with Crippen molar-refractivity contribution in [3.63, 3.8) is 0 Å². The normalized spacial score (nSPS) is 8.08. The van der Waals surface area contributed by atoms with E-state index in [-0.39, 0.29) is 0 Å². The van der Waals surface area contributed by atoms with Crippen LogP contribution in [0.1, 0.15) is 5.56 Å². The average Bonchev–Trinajstić information content (AvgIpc) is 2.17. The number of thiol groups is 1. The number of azide groups is 1. The summed E-state index contributed by atoms with van der Waals surface area (Å²) < 4.78 is 0. The van der Waals surface area contributed by atoms with Crippen LogP contribution in [0, 0.1) is 11.8 Å². The van der Waals surface area contributed by atoms with E-state index in [9.17, 15) is 0 Å². The van der Waals surface area contributed by atoms with Crippen LogP contribution < -0.4 is 0 Å². The van der Waals surface area contributed by atoms with Crippen LogP contribution in [0.2, 0.25) is 0 Å². The number of nitrogens with zero attached hydrogens (tertiary/aromatic N) is 3. The molecule has 0 amide bonds. The maximum Gasteiger partial charge on any atom is 0.0531 e. The zero-order valence-corrected chi connectivity index (χ0v) is 7.70. The predicted octanol–water partition coefficient (Wildman–Crippen LogP) is 2.91. The molecule has 4 heteroatoms. The second kappa shape index (κ2) is 5.15. The summed E-state index contributed by atoms with van der Waals surface area (Å²) in [6.07, 6.45) is 0. The summed E-state index contributed by atoms with van der Waals surface area (Å²) in [6.45, 7) is 0.